The molecule has 3 nitrogen and oxygen atoms in total. The number of ketones is 1. The monoisotopic (exact) mass is 359 g/mol. The van der Waals surface area contributed by atoms with Gasteiger partial charge in [0.25, 0.3) is 5.91 Å². The van der Waals surface area contributed by atoms with Crippen molar-refractivity contribution in [1.82, 2.24) is 0 Å². The average molecular weight is 360 g/mol. The number of benzene rings is 2. The summed E-state index contributed by atoms with van der Waals surface area (Å²) in [7, 11) is 0. The number of hydrogen-bond donors (Lipinski definition) is 1. The Balaban J connectivity index is 2.28. The first-order valence-electron chi connectivity index (χ1n) is 7.00. The van der Waals surface area contributed by atoms with Gasteiger partial charge >= 0.3 is 0 Å². The quantitative estimate of drug-likeness (QED) is 0.797. The fourth-order valence-corrected chi connectivity index (χ4v) is 2.75. The highest BCUT2D eigenvalue weighted by Crippen LogP contribution is 2.26. The summed E-state index contributed by atoms with van der Waals surface area (Å²) in [4.78, 5) is 23.7. The molecule has 0 bridgehead atoms. The number of nitrogens with one attached hydrogen (secondary N) is 1. The molecule has 4 heteroatoms. The van der Waals surface area contributed by atoms with Gasteiger partial charge in [0.1, 0.15) is 0 Å². The van der Waals surface area contributed by atoms with E-state index in [2.05, 4.69) is 21.2 Å². The lowest BCUT2D eigenvalue weighted by molar-refractivity contribution is 0.101. The Morgan fingerprint density at radius 1 is 0.955 bits per heavy atom. The molecule has 0 aromatic heterocycles. The molecule has 0 spiro atoms. The second-order valence-corrected chi connectivity index (χ2v) is 6.22. The van der Waals surface area contributed by atoms with Crippen molar-refractivity contribution in [3.05, 3.63) is 62.6 Å². The van der Waals surface area contributed by atoms with Crippen molar-refractivity contribution in [2.45, 2.75) is 27.7 Å². The molecular formula is C18H18BrNO2. The van der Waals surface area contributed by atoms with E-state index >= 15 is 0 Å². The maximum absolute atomic E-state index is 12.5. The predicted octanol–water partition coefficient (Wildman–Crippen LogP) is 4.83. The lowest BCUT2D eigenvalue weighted by atomic mass is 9.98. The van der Waals surface area contributed by atoms with Gasteiger partial charge in [-0.25, -0.2) is 0 Å². The molecule has 0 radical (unpaired) electrons. The number of rotatable bonds is 3. The summed E-state index contributed by atoms with van der Waals surface area (Å²) >= 11 is 3.49. The van der Waals surface area contributed by atoms with Gasteiger partial charge in [0.15, 0.2) is 5.78 Å². The van der Waals surface area contributed by atoms with Crippen LogP contribution in [0.3, 0.4) is 0 Å². The minimum Gasteiger partial charge on any atom is -0.322 e. The zero-order chi connectivity index (χ0) is 16.4. The highest BCUT2D eigenvalue weighted by atomic mass is 79.9. The van der Waals surface area contributed by atoms with Crippen molar-refractivity contribution in [3.63, 3.8) is 0 Å². The van der Waals surface area contributed by atoms with Crippen molar-refractivity contribution < 1.29 is 9.59 Å². The summed E-state index contributed by atoms with van der Waals surface area (Å²) in [5.41, 5.74) is 5.15. The van der Waals surface area contributed by atoms with Gasteiger partial charge in [-0.05, 0) is 74.7 Å². The normalized spacial score (nSPS) is 10.4. The number of hydrogen-bond acceptors (Lipinski definition) is 2. The lowest BCUT2D eigenvalue weighted by Gasteiger charge is -2.13. The van der Waals surface area contributed by atoms with Crippen LogP contribution in [0, 0.1) is 20.8 Å². The van der Waals surface area contributed by atoms with Crippen LogP contribution in [0.15, 0.2) is 34.8 Å². The van der Waals surface area contributed by atoms with Gasteiger partial charge in [0.05, 0.1) is 0 Å². The number of anilines is 1. The van der Waals surface area contributed by atoms with Crippen LogP contribution in [0.2, 0.25) is 0 Å². The minimum absolute atomic E-state index is 0.00631. The first-order chi connectivity index (χ1) is 10.3. The number of halogens is 1. The fraction of sp³-hybridized carbons (Fsp3) is 0.222. The highest BCUT2D eigenvalue weighted by molar-refractivity contribution is 9.10. The summed E-state index contributed by atoms with van der Waals surface area (Å²) in [6, 6.07) is 8.74. The number of amides is 1. The number of Topliss-reactive ketones (excluding diaryl/α,β-unsaturated/α-hetero) is 1. The zero-order valence-electron chi connectivity index (χ0n) is 13.1. The number of carbonyl (C=O) groups is 2. The van der Waals surface area contributed by atoms with Gasteiger partial charge in [-0.2, -0.15) is 0 Å². The van der Waals surface area contributed by atoms with E-state index in [0.717, 1.165) is 21.2 Å². The van der Waals surface area contributed by atoms with Crippen LogP contribution in [0.4, 0.5) is 5.69 Å². The van der Waals surface area contributed by atoms with Crippen molar-refractivity contribution in [2.24, 2.45) is 0 Å². The van der Waals surface area contributed by atoms with Gasteiger partial charge in [-0.1, -0.05) is 15.9 Å². The summed E-state index contributed by atoms with van der Waals surface area (Å²) in [5.74, 6) is -0.149. The molecule has 0 fully saturated rings. The van der Waals surface area contributed by atoms with E-state index in [9.17, 15) is 9.59 Å². The fourth-order valence-electron chi connectivity index (χ4n) is 2.23. The molecule has 0 saturated heterocycles. The van der Waals surface area contributed by atoms with Crippen LogP contribution in [-0.2, 0) is 0 Å². The first-order valence-corrected chi connectivity index (χ1v) is 7.79. The Morgan fingerprint density at radius 3 is 2.09 bits per heavy atom. The van der Waals surface area contributed by atoms with Crippen LogP contribution < -0.4 is 5.32 Å². The van der Waals surface area contributed by atoms with Crippen molar-refractivity contribution in [1.29, 1.82) is 0 Å². The standard InChI is InChI=1S/C18H18BrNO2/c1-10-11(2)16(9-17(19)12(10)3)18(22)20-15-7-5-14(6-8-15)13(4)21/h5-9H,1-4H3,(H,20,22). The zero-order valence-corrected chi connectivity index (χ0v) is 14.7. The van der Waals surface area contributed by atoms with Crippen molar-refractivity contribution in [2.75, 3.05) is 5.32 Å². The Bertz CT molecular complexity index is 749. The number of carbonyl (C=O) groups excluding carboxylic acids is 2. The van der Waals surface area contributed by atoms with Gasteiger partial charge in [-0.3, -0.25) is 9.59 Å². The topological polar surface area (TPSA) is 46.2 Å². The summed E-state index contributed by atoms with van der Waals surface area (Å²) < 4.78 is 0.924. The van der Waals surface area contributed by atoms with E-state index in [4.69, 9.17) is 0 Å². The summed E-state index contributed by atoms with van der Waals surface area (Å²) in [6.07, 6.45) is 0. The molecule has 114 valence electrons. The molecule has 2 rings (SSSR count). The van der Waals surface area contributed by atoms with Crippen LogP contribution in [0.25, 0.3) is 0 Å². The molecule has 22 heavy (non-hydrogen) atoms. The van der Waals surface area contributed by atoms with Crippen LogP contribution in [0.5, 0.6) is 0 Å². The second-order valence-electron chi connectivity index (χ2n) is 5.37. The third-order valence-corrected chi connectivity index (χ3v) is 4.78. The SMILES string of the molecule is CC(=O)c1ccc(NC(=O)c2cc(Br)c(C)c(C)c2C)cc1. The van der Waals surface area contributed by atoms with E-state index < -0.39 is 0 Å². The van der Waals surface area contributed by atoms with Gasteiger partial charge < -0.3 is 5.32 Å². The first kappa shape index (κ1) is 16.4. The van der Waals surface area contributed by atoms with E-state index in [1.165, 1.54) is 6.92 Å². The molecule has 2 aromatic carbocycles. The Labute approximate surface area is 138 Å². The van der Waals surface area contributed by atoms with Crippen molar-refractivity contribution >= 4 is 33.3 Å². The molecule has 0 aliphatic heterocycles. The Morgan fingerprint density at radius 2 is 1.55 bits per heavy atom. The molecule has 0 aliphatic rings. The van der Waals surface area contributed by atoms with Crippen LogP contribution in [0.1, 0.15) is 44.3 Å². The van der Waals surface area contributed by atoms with Gasteiger partial charge in [-0.15, -0.1) is 0 Å². The molecule has 0 atom stereocenters. The maximum Gasteiger partial charge on any atom is 0.255 e. The third-order valence-electron chi connectivity index (χ3n) is 3.95. The third kappa shape index (κ3) is 3.28. The van der Waals surface area contributed by atoms with E-state index in [-0.39, 0.29) is 11.7 Å². The minimum atomic E-state index is -0.156. The molecular weight excluding hydrogens is 342 g/mol. The van der Waals surface area contributed by atoms with E-state index in [1.807, 2.05) is 26.8 Å². The largest absolute Gasteiger partial charge is 0.322 e. The van der Waals surface area contributed by atoms with Gasteiger partial charge in [0.2, 0.25) is 0 Å². The maximum atomic E-state index is 12.5. The van der Waals surface area contributed by atoms with Gasteiger partial charge in [0, 0.05) is 21.3 Å². The molecule has 0 saturated carbocycles. The Hall–Kier alpha value is -1.94. The van der Waals surface area contributed by atoms with Crippen LogP contribution >= 0.6 is 15.9 Å². The molecule has 0 heterocycles. The van der Waals surface area contributed by atoms with Crippen molar-refractivity contribution in [3.8, 4) is 0 Å². The molecule has 0 unspecified atom stereocenters. The molecule has 0 aliphatic carbocycles. The summed E-state index contributed by atoms with van der Waals surface area (Å²) in [5, 5.41) is 2.87. The Kier molecular flexibility index (Phi) is 4.81. The average Bonchev–Trinajstić information content (AvgIpc) is 2.49. The highest BCUT2D eigenvalue weighted by Gasteiger charge is 2.14. The van der Waals surface area contributed by atoms with Crippen LogP contribution in [-0.4, -0.2) is 11.7 Å². The lowest BCUT2D eigenvalue weighted by Crippen LogP contribution is -2.14. The smallest absolute Gasteiger partial charge is 0.255 e. The van der Waals surface area contributed by atoms with E-state index in [1.54, 1.807) is 24.3 Å². The van der Waals surface area contributed by atoms with E-state index in [0.29, 0.717) is 16.8 Å². The molecule has 1 N–H and O–H groups in total. The second kappa shape index (κ2) is 6.44. The molecule has 2 aromatic rings. The molecule has 1 amide bonds. The predicted molar refractivity (Wildman–Crippen MR) is 92.8 cm³/mol. The summed E-state index contributed by atoms with van der Waals surface area (Å²) in [6.45, 7) is 7.49.